The van der Waals surface area contributed by atoms with E-state index >= 15 is 0 Å². The molecule has 2 aromatic heterocycles. The molecule has 3 heterocycles. The van der Waals surface area contributed by atoms with Crippen molar-refractivity contribution in [2.75, 3.05) is 18.0 Å². The normalized spacial score (nSPS) is 16.7. The highest BCUT2D eigenvalue weighted by Gasteiger charge is 2.27. The second-order valence-corrected chi connectivity index (χ2v) is 5.41. The van der Waals surface area contributed by atoms with Crippen molar-refractivity contribution in [2.45, 2.75) is 25.7 Å². The first-order valence-electron chi connectivity index (χ1n) is 7.20. The molecule has 1 aromatic carbocycles. The lowest BCUT2D eigenvalue weighted by molar-refractivity contribution is 0.324. The Balaban J connectivity index is 1.49. The number of hydrogen-bond donors (Lipinski definition) is 0. The predicted octanol–water partition coefficient (Wildman–Crippen LogP) is 2.90. The van der Waals surface area contributed by atoms with E-state index in [1.807, 2.05) is 31.2 Å². The predicted molar refractivity (Wildman–Crippen MR) is 77.2 cm³/mol. The van der Waals surface area contributed by atoms with Crippen LogP contribution in [0.3, 0.4) is 0 Å². The maximum Gasteiger partial charge on any atom is 0.298 e. The van der Waals surface area contributed by atoms with Crippen molar-refractivity contribution in [2.24, 2.45) is 0 Å². The van der Waals surface area contributed by atoms with Gasteiger partial charge in [0.2, 0.25) is 5.89 Å². The van der Waals surface area contributed by atoms with E-state index in [1.54, 1.807) is 0 Å². The van der Waals surface area contributed by atoms with E-state index in [-0.39, 0.29) is 0 Å². The average molecular weight is 284 g/mol. The Bertz CT molecular complexity index is 723. The van der Waals surface area contributed by atoms with Gasteiger partial charge in [-0.1, -0.05) is 17.3 Å². The number of hydrogen-bond acceptors (Lipinski definition) is 6. The largest absolute Gasteiger partial charge is 0.423 e. The summed E-state index contributed by atoms with van der Waals surface area (Å²) >= 11 is 0. The van der Waals surface area contributed by atoms with E-state index in [9.17, 15) is 0 Å². The first kappa shape index (κ1) is 12.4. The number of anilines is 1. The molecule has 21 heavy (non-hydrogen) atoms. The molecule has 0 bridgehead atoms. The molecule has 1 aliphatic rings. The molecule has 0 radical (unpaired) electrons. The number of piperidine rings is 1. The van der Waals surface area contributed by atoms with Gasteiger partial charge in [-0.3, -0.25) is 0 Å². The molecule has 0 atom stereocenters. The zero-order valence-corrected chi connectivity index (χ0v) is 11.8. The molecule has 0 spiro atoms. The Morgan fingerprint density at radius 3 is 2.67 bits per heavy atom. The van der Waals surface area contributed by atoms with E-state index in [4.69, 9.17) is 8.94 Å². The van der Waals surface area contributed by atoms with Gasteiger partial charge in [0, 0.05) is 19.0 Å². The fraction of sp³-hybridized carbons (Fsp3) is 0.400. The molecule has 4 rings (SSSR count). The Kier molecular flexibility index (Phi) is 2.87. The SMILES string of the molecule is Cc1noc(C2CCN(c3nc4ccccc4o3)CC2)n1. The first-order valence-corrected chi connectivity index (χ1v) is 7.20. The third-order valence-electron chi connectivity index (χ3n) is 3.94. The third kappa shape index (κ3) is 2.26. The summed E-state index contributed by atoms with van der Waals surface area (Å²) in [5.74, 6) is 1.79. The summed E-state index contributed by atoms with van der Waals surface area (Å²) in [6.45, 7) is 3.62. The van der Waals surface area contributed by atoms with Crippen LogP contribution in [0.15, 0.2) is 33.2 Å². The summed E-state index contributed by atoms with van der Waals surface area (Å²) in [6, 6.07) is 8.55. The van der Waals surface area contributed by atoms with Crippen LogP contribution in [0.5, 0.6) is 0 Å². The summed E-state index contributed by atoms with van der Waals surface area (Å²) in [5, 5.41) is 3.87. The van der Waals surface area contributed by atoms with Crippen molar-refractivity contribution in [1.82, 2.24) is 15.1 Å². The second-order valence-electron chi connectivity index (χ2n) is 5.41. The van der Waals surface area contributed by atoms with Crippen molar-refractivity contribution in [3.05, 3.63) is 36.0 Å². The van der Waals surface area contributed by atoms with Crippen LogP contribution in [0, 0.1) is 6.92 Å². The van der Waals surface area contributed by atoms with Gasteiger partial charge in [-0.2, -0.15) is 9.97 Å². The molecule has 6 nitrogen and oxygen atoms in total. The minimum absolute atomic E-state index is 0.340. The van der Waals surface area contributed by atoms with Crippen molar-refractivity contribution in [3.8, 4) is 0 Å². The molecule has 0 aliphatic carbocycles. The highest BCUT2D eigenvalue weighted by atomic mass is 16.5. The van der Waals surface area contributed by atoms with E-state index in [1.165, 1.54) is 0 Å². The topological polar surface area (TPSA) is 68.2 Å². The number of rotatable bonds is 2. The van der Waals surface area contributed by atoms with Crippen LogP contribution >= 0.6 is 0 Å². The second kappa shape index (κ2) is 4.87. The molecular formula is C15H16N4O2. The van der Waals surface area contributed by atoms with Gasteiger partial charge in [-0.15, -0.1) is 0 Å². The number of benzene rings is 1. The Morgan fingerprint density at radius 2 is 1.95 bits per heavy atom. The zero-order chi connectivity index (χ0) is 14.2. The number of fused-ring (bicyclic) bond motifs is 1. The Labute approximate surface area is 121 Å². The number of para-hydroxylation sites is 2. The zero-order valence-electron chi connectivity index (χ0n) is 11.8. The monoisotopic (exact) mass is 284 g/mol. The lowest BCUT2D eigenvalue weighted by Gasteiger charge is -2.28. The van der Waals surface area contributed by atoms with Crippen LogP contribution in [0.25, 0.3) is 11.1 Å². The average Bonchev–Trinajstić information content (AvgIpc) is 3.13. The molecule has 108 valence electrons. The van der Waals surface area contributed by atoms with E-state index in [2.05, 4.69) is 20.0 Å². The van der Waals surface area contributed by atoms with Gasteiger partial charge in [0.15, 0.2) is 11.4 Å². The number of nitrogens with zero attached hydrogens (tertiary/aromatic N) is 4. The molecule has 0 saturated carbocycles. The minimum atomic E-state index is 0.340. The summed E-state index contributed by atoms with van der Waals surface area (Å²) < 4.78 is 11.1. The number of oxazole rings is 1. The fourth-order valence-electron chi connectivity index (χ4n) is 2.79. The number of aromatic nitrogens is 3. The summed E-state index contributed by atoms with van der Waals surface area (Å²) in [4.78, 5) is 11.1. The van der Waals surface area contributed by atoms with Crippen molar-refractivity contribution in [1.29, 1.82) is 0 Å². The first-order chi connectivity index (χ1) is 10.3. The maximum atomic E-state index is 5.82. The standard InChI is InChI=1S/C15H16N4O2/c1-10-16-14(21-18-10)11-6-8-19(9-7-11)15-17-12-4-2-3-5-13(12)20-15/h2-5,11H,6-9H2,1H3. The highest BCUT2D eigenvalue weighted by Crippen LogP contribution is 2.30. The van der Waals surface area contributed by atoms with Crippen LogP contribution in [0.4, 0.5) is 6.01 Å². The van der Waals surface area contributed by atoms with Crippen LogP contribution in [0.2, 0.25) is 0 Å². The molecule has 1 aliphatic heterocycles. The number of aryl methyl sites for hydroxylation is 1. The summed E-state index contributed by atoms with van der Waals surface area (Å²) in [6.07, 6.45) is 1.95. The molecule has 3 aromatic rings. The van der Waals surface area contributed by atoms with Crippen molar-refractivity contribution < 1.29 is 8.94 Å². The quantitative estimate of drug-likeness (QED) is 0.720. The Morgan fingerprint density at radius 1 is 1.14 bits per heavy atom. The minimum Gasteiger partial charge on any atom is -0.423 e. The molecule has 0 amide bonds. The molecule has 0 N–H and O–H groups in total. The molecular weight excluding hydrogens is 268 g/mol. The lowest BCUT2D eigenvalue weighted by atomic mass is 9.97. The fourth-order valence-corrected chi connectivity index (χ4v) is 2.79. The van der Waals surface area contributed by atoms with E-state index < -0.39 is 0 Å². The van der Waals surface area contributed by atoms with Gasteiger partial charge in [0.05, 0.1) is 0 Å². The van der Waals surface area contributed by atoms with Crippen LogP contribution in [-0.4, -0.2) is 28.2 Å². The van der Waals surface area contributed by atoms with Gasteiger partial charge in [0.25, 0.3) is 6.01 Å². The highest BCUT2D eigenvalue weighted by molar-refractivity contribution is 5.74. The van der Waals surface area contributed by atoms with Gasteiger partial charge in [-0.25, -0.2) is 0 Å². The molecule has 1 fully saturated rings. The molecule has 1 saturated heterocycles. The summed E-state index contributed by atoms with van der Waals surface area (Å²) in [7, 11) is 0. The van der Waals surface area contributed by atoms with E-state index in [0.29, 0.717) is 17.8 Å². The third-order valence-corrected chi connectivity index (χ3v) is 3.94. The van der Waals surface area contributed by atoms with Crippen LogP contribution in [0.1, 0.15) is 30.5 Å². The van der Waals surface area contributed by atoms with Crippen LogP contribution < -0.4 is 4.90 Å². The maximum absolute atomic E-state index is 5.82. The van der Waals surface area contributed by atoms with Crippen LogP contribution in [-0.2, 0) is 0 Å². The van der Waals surface area contributed by atoms with Crippen molar-refractivity contribution >= 4 is 17.1 Å². The lowest BCUT2D eigenvalue weighted by Crippen LogP contribution is -2.33. The summed E-state index contributed by atoms with van der Waals surface area (Å²) in [5.41, 5.74) is 1.74. The molecule has 0 unspecified atom stereocenters. The van der Waals surface area contributed by atoms with Crippen molar-refractivity contribution in [3.63, 3.8) is 0 Å². The van der Waals surface area contributed by atoms with Gasteiger partial charge < -0.3 is 13.8 Å². The van der Waals surface area contributed by atoms with E-state index in [0.717, 1.165) is 42.9 Å². The van der Waals surface area contributed by atoms with Gasteiger partial charge in [0.1, 0.15) is 5.52 Å². The van der Waals surface area contributed by atoms with Gasteiger partial charge in [-0.05, 0) is 31.9 Å². The van der Waals surface area contributed by atoms with Gasteiger partial charge >= 0.3 is 0 Å². The molecule has 6 heteroatoms. The Hall–Kier alpha value is -2.37. The smallest absolute Gasteiger partial charge is 0.298 e.